The number of hydrogen-bond acceptors (Lipinski definition) is 6. The molecule has 1 unspecified atom stereocenters. The highest BCUT2D eigenvalue weighted by atomic mass is 35.5. The van der Waals surface area contributed by atoms with Crippen molar-refractivity contribution in [3.63, 3.8) is 0 Å². The SMILES string of the molecule is NS(=O)(=O)c1cc([N+](=O)[O-])ccc1N1CCC(Oc2cccc(Cl)c2)C1. The number of primary sulfonamides is 1. The molecule has 138 valence electrons. The number of anilines is 1. The summed E-state index contributed by atoms with van der Waals surface area (Å²) in [4.78, 5) is 11.8. The molecule has 0 spiro atoms. The van der Waals surface area contributed by atoms with E-state index in [0.717, 1.165) is 6.07 Å². The molecule has 2 aromatic rings. The molecule has 1 saturated heterocycles. The fourth-order valence-corrected chi connectivity index (χ4v) is 3.84. The highest BCUT2D eigenvalue weighted by molar-refractivity contribution is 7.89. The molecule has 0 radical (unpaired) electrons. The first kappa shape index (κ1) is 18.4. The molecule has 1 fully saturated rings. The Hall–Kier alpha value is -2.36. The van der Waals surface area contributed by atoms with Crippen LogP contribution in [0.15, 0.2) is 47.4 Å². The van der Waals surface area contributed by atoms with Crippen molar-refractivity contribution in [3.05, 3.63) is 57.6 Å². The van der Waals surface area contributed by atoms with Crippen LogP contribution in [0.2, 0.25) is 5.02 Å². The average Bonchev–Trinajstić information content (AvgIpc) is 3.01. The fraction of sp³-hybridized carbons (Fsp3) is 0.250. The van der Waals surface area contributed by atoms with Gasteiger partial charge < -0.3 is 9.64 Å². The van der Waals surface area contributed by atoms with Gasteiger partial charge >= 0.3 is 0 Å². The van der Waals surface area contributed by atoms with Crippen molar-refractivity contribution in [2.24, 2.45) is 5.14 Å². The minimum Gasteiger partial charge on any atom is -0.488 e. The number of halogens is 1. The summed E-state index contributed by atoms with van der Waals surface area (Å²) in [6.45, 7) is 0.957. The van der Waals surface area contributed by atoms with E-state index in [0.29, 0.717) is 36.0 Å². The second kappa shape index (κ2) is 7.10. The van der Waals surface area contributed by atoms with Gasteiger partial charge in [-0.25, -0.2) is 13.6 Å². The Bertz CT molecular complexity index is 951. The smallest absolute Gasteiger partial charge is 0.270 e. The Morgan fingerprint density at radius 1 is 1.27 bits per heavy atom. The lowest BCUT2D eigenvalue weighted by molar-refractivity contribution is -0.385. The first-order valence-corrected chi connectivity index (χ1v) is 9.65. The van der Waals surface area contributed by atoms with Crippen LogP contribution in [0.1, 0.15) is 6.42 Å². The Labute approximate surface area is 155 Å². The van der Waals surface area contributed by atoms with E-state index in [-0.39, 0.29) is 16.7 Å². The number of hydrogen-bond donors (Lipinski definition) is 1. The van der Waals surface area contributed by atoms with Crippen molar-refractivity contribution in [1.29, 1.82) is 0 Å². The molecular weight excluding hydrogens is 382 g/mol. The van der Waals surface area contributed by atoms with E-state index in [1.54, 1.807) is 29.2 Å². The van der Waals surface area contributed by atoms with Crippen molar-refractivity contribution in [3.8, 4) is 5.75 Å². The number of benzene rings is 2. The molecule has 26 heavy (non-hydrogen) atoms. The summed E-state index contributed by atoms with van der Waals surface area (Å²) in [6, 6.07) is 10.6. The van der Waals surface area contributed by atoms with Crippen molar-refractivity contribution in [2.75, 3.05) is 18.0 Å². The summed E-state index contributed by atoms with van der Waals surface area (Å²) in [5.41, 5.74) is -0.000932. The molecule has 0 saturated carbocycles. The lowest BCUT2D eigenvalue weighted by atomic mass is 10.2. The predicted octanol–water partition coefficient (Wildman–Crippen LogP) is 2.55. The number of nitrogens with zero attached hydrogens (tertiary/aromatic N) is 2. The van der Waals surface area contributed by atoms with E-state index < -0.39 is 14.9 Å². The number of ether oxygens (including phenoxy) is 1. The first-order chi connectivity index (χ1) is 12.2. The molecule has 0 amide bonds. The van der Waals surface area contributed by atoms with Crippen LogP contribution in [0, 0.1) is 10.1 Å². The van der Waals surface area contributed by atoms with E-state index in [1.807, 2.05) is 0 Å². The second-order valence-electron chi connectivity index (χ2n) is 5.89. The largest absolute Gasteiger partial charge is 0.488 e. The average molecular weight is 398 g/mol. The molecule has 1 aliphatic heterocycles. The Balaban J connectivity index is 1.83. The number of nitrogens with two attached hydrogens (primary N) is 1. The minimum atomic E-state index is -4.11. The molecule has 0 bridgehead atoms. The van der Waals surface area contributed by atoms with Crippen LogP contribution in [-0.4, -0.2) is 32.5 Å². The lowest BCUT2D eigenvalue weighted by Crippen LogP contribution is -2.27. The molecule has 3 rings (SSSR count). The van der Waals surface area contributed by atoms with Crippen LogP contribution in [0.3, 0.4) is 0 Å². The second-order valence-corrected chi connectivity index (χ2v) is 7.85. The predicted molar refractivity (Wildman–Crippen MR) is 97.2 cm³/mol. The molecule has 2 aromatic carbocycles. The Kier molecular flexibility index (Phi) is 5.03. The first-order valence-electron chi connectivity index (χ1n) is 7.72. The van der Waals surface area contributed by atoms with Gasteiger partial charge in [0.05, 0.1) is 17.2 Å². The van der Waals surface area contributed by atoms with Gasteiger partial charge in [-0.05, 0) is 24.3 Å². The van der Waals surface area contributed by atoms with Gasteiger partial charge in [-0.1, -0.05) is 17.7 Å². The van der Waals surface area contributed by atoms with E-state index in [9.17, 15) is 18.5 Å². The topological polar surface area (TPSA) is 116 Å². The third-order valence-corrected chi connectivity index (χ3v) is 5.22. The van der Waals surface area contributed by atoms with E-state index in [4.69, 9.17) is 21.5 Å². The lowest BCUT2D eigenvalue weighted by Gasteiger charge is -2.21. The van der Waals surface area contributed by atoms with Gasteiger partial charge in [0, 0.05) is 30.1 Å². The normalized spacial score (nSPS) is 17.3. The van der Waals surface area contributed by atoms with Crippen molar-refractivity contribution in [1.82, 2.24) is 0 Å². The van der Waals surface area contributed by atoms with Crippen LogP contribution in [0.5, 0.6) is 5.75 Å². The highest BCUT2D eigenvalue weighted by Gasteiger charge is 2.29. The number of non-ortho nitro benzene ring substituents is 1. The molecule has 0 aromatic heterocycles. The quantitative estimate of drug-likeness (QED) is 0.612. The molecule has 0 aliphatic carbocycles. The maximum absolute atomic E-state index is 11.9. The fourth-order valence-electron chi connectivity index (χ4n) is 2.88. The molecule has 1 aliphatic rings. The third-order valence-electron chi connectivity index (χ3n) is 4.05. The third kappa shape index (κ3) is 4.06. The summed E-state index contributed by atoms with van der Waals surface area (Å²) < 4.78 is 29.6. The van der Waals surface area contributed by atoms with Gasteiger partial charge in [-0.2, -0.15) is 0 Å². The zero-order valence-corrected chi connectivity index (χ0v) is 15.1. The molecule has 8 nitrogen and oxygen atoms in total. The van der Waals surface area contributed by atoms with Gasteiger partial charge in [0.15, 0.2) is 0 Å². The highest BCUT2D eigenvalue weighted by Crippen LogP contribution is 2.32. The summed E-state index contributed by atoms with van der Waals surface area (Å²) in [6.07, 6.45) is 0.491. The van der Waals surface area contributed by atoms with Crippen LogP contribution in [-0.2, 0) is 10.0 Å². The van der Waals surface area contributed by atoms with Gasteiger partial charge in [0.1, 0.15) is 16.7 Å². The Morgan fingerprint density at radius 3 is 2.69 bits per heavy atom. The zero-order valence-electron chi connectivity index (χ0n) is 13.5. The van der Waals surface area contributed by atoms with Crippen molar-refractivity contribution >= 4 is 33.0 Å². The van der Waals surface area contributed by atoms with Gasteiger partial charge in [-0.15, -0.1) is 0 Å². The summed E-state index contributed by atoms with van der Waals surface area (Å²) in [5.74, 6) is 0.625. The standard InChI is InChI=1S/C16H16ClN3O5S/c17-11-2-1-3-13(8-11)25-14-6-7-19(10-14)15-5-4-12(20(21)22)9-16(15)26(18,23)24/h1-5,8-9,14H,6-7,10H2,(H2,18,23,24). The molecule has 10 heteroatoms. The number of nitro benzene ring substituents is 1. The van der Waals surface area contributed by atoms with Gasteiger partial charge in [0.2, 0.25) is 10.0 Å². The van der Waals surface area contributed by atoms with Crippen LogP contribution in [0.25, 0.3) is 0 Å². The maximum Gasteiger partial charge on any atom is 0.270 e. The van der Waals surface area contributed by atoms with Gasteiger partial charge in [-0.3, -0.25) is 10.1 Å². The monoisotopic (exact) mass is 397 g/mol. The molecular formula is C16H16ClN3O5S. The molecule has 1 heterocycles. The summed E-state index contributed by atoms with van der Waals surface area (Å²) in [5, 5.41) is 16.7. The van der Waals surface area contributed by atoms with Crippen LogP contribution >= 0.6 is 11.6 Å². The summed E-state index contributed by atoms with van der Waals surface area (Å²) in [7, 11) is -4.11. The zero-order chi connectivity index (χ0) is 18.9. The van der Waals surface area contributed by atoms with Crippen molar-refractivity contribution in [2.45, 2.75) is 17.4 Å². The van der Waals surface area contributed by atoms with Crippen molar-refractivity contribution < 1.29 is 18.1 Å². The van der Waals surface area contributed by atoms with Crippen LogP contribution < -0.4 is 14.8 Å². The van der Waals surface area contributed by atoms with E-state index >= 15 is 0 Å². The molecule has 1 atom stereocenters. The number of sulfonamides is 1. The molecule has 2 N–H and O–H groups in total. The number of nitro groups is 1. The van der Waals surface area contributed by atoms with E-state index in [1.165, 1.54) is 12.1 Å². The van der Waals surface area contributed by atoms with Crippen LogP contribution in [0.4, 0.5) is 11.4 Å². The maximum atomic E-state index is 11.9. The minimum absolute atomic E-state index is 0.169. The van der Waals surface area contributed by atoms with E-state index in [2.05, 4.69) is 0 Å². The van der Waals surface area contributed by atoms with Gasteiger partial charge in [0.25, 0.3) is 5.69 Å². The number of rotatable bonds is 5. The Morgan fingerprint density at radius 2 is 2.04 bits per heavy atom. The summed E-state index contributed by atoms with van der Waals surface area (Å²) >= 11 is 5.94.